The zero-order valence-corrected chi connectivity index (χ0v) is 14.7. The average Bonchev–Trinajstić information content (AvgIpc) is 2.70. The molecule has 5 nitrogen and oxygen atoms in total. The highest BCUT2D eigenvalue weighted by Gasteiger charge is 2.19. The summed E-state index contributed by atoms with van der Waals surface area (Å²) in [4.78, 5) is 12.8. The number of halogens is 1. The number of ether oxygens (including phenoxy) is 4. The van der Waals surface area contributed by atoms with Crippen LogP contribution in [0.2, 0.25) is 0 Å². The van der Waals surface area contributed by atoms with Crippen molar-refractivity contribution >= 4 is 26.7 Å². The smallest absolute Gasteiger partial charge is 0.232 e. The van der Waals surface area contributed by atoms with Gasteiger partial charge in [0.2, 0.25) is 11.2 Å². The van der Waals surface area contributed by atoms with E-state index in [4.69, 9.17) is 18.9 Å². The third-order valence-electron chi connectivity index (χ3n) is 3.22. The summed E-state index contributed by atoms with van der Waals surface area (Å²) in [5.74, 6) is 1.36. The molecule has 2 rings (SSSR count). The molecule has 2 aromatic carbocycles. The summed E-state index contributed by atoms with van der Waals surface area (Å²) >= 11 is 3.20. The largest absolute Gasteiger partial charge is 0.493 e. The van der Waals surface area contributed by atoms with Gasteiger partial charge in [-0.25, -0.2) is 0 Å². The van der Waals surface area contributed by atoms with Gasteiger partial charge in [0.1, 0.15) is 6.61 Å². The summed E-state index contributed by atoms with van der Waals surface area (Å²) in [5.41, 5.74) is -0.295. The van der Waals surface area contributed by atoms with Gasteiger partial charge in [0.05, 0.1) is 26.7 Å². The van der Waals surface area contributed by atoms with Crippen molar-refractivity contribution < 1.29 is 18.9 Å². The van der Waals surface area contributed by atoms with Crippen LogP contribution in [0.25, 0.3) is 10.8 Å². The van der Waals surface area contributed by atoms with Crippen molar-refractivity contribution in [3.63, 3.8) is 0 Å². The number of methoxy groups -OCH3 is 3. The lowest BCUT2D eigenvalue weighted by Gasteiger charge is -2.13. The summed E-state index contributed by atoms with van der Waals surface area (Å²) in [6.45, 7) is 3.88. The molecule has 0 aromatic heterocycles. The van der Waals surface area contributed by atoms with Crippen molar-refractivity contribution in [3.05, 3.63) is 45.6 Å². The van der Waals surface area contributed by atoms with Gasteiger partial charge in [0.25, 0.3) is 0 Å². The average molecular weight is 381 g/mol. The Balaban J connectivity index is 2.82. The van der Waals surface area contributed by atoms with Gasteiger partial charge in [0.15, 0.2) is 17.2 Å². The van der Waals surface area contributed by atoms with E-state index in [1.165, 1.54) is 21.3 Å². The van der Waals surface area contributed by atoms with E-state index in [0.717, 1.165) is 0 Å². The molecule has 122 valence electrons. The summed E-state index contributed by atoms with van der Waals surface area (Å²) in [7, 11) is 4.50. The van der Waals surface area contributed by atoms with E-state index < -0.39 is 0 Å². The van der Waals surface area contributed by atoms with E-state index in [-0.39, 0.29) is 17.8 Å². The monoisotopic (exact) mass is 380 g/mol. The molecule has 0 amide bonds. The van der Waals surface area contributed by atoms with Crippen LogP contribution in [0.4, 0.5) is 0 Å². The third kappa shape index (κ3) is 3.42. The second-order valence-electron chi connectivity index (χ2n) is 4.63. The van der Waals surface area contributed by atoms with Gasteiger partial charge in [-0.05, 0) is 17.5 Å². The maximum atomic E-state index is 12.8. The zero-order chi connectivity index (χ0) is 17.0. The fourth-order valence-electron chi connectivity index (χ4n) is 2.25. The molecule has 6 heteroatoms. The lowest BCUT2D eigenvalue weighted by molar-refractivity contribution is 0.327. The molecular formula is C17H17BrO5. The lowest BCUT2D eigenvalue weighted by Crippen LogP contribution is -2.08. The molecule has 2 aromatic rings. The van der Waals surface area contributed by atoms with Crippen LogP contribution in [0, 0.1) is 0 Å². The molecule has 23 heavy (non-hydrogen) atoms. The SMILES string of the molecule is C=C(Br)COc1cccc2cc(OC)c(OC)c(OC)c2c1=O. The highest BCUT2D eigenvalue weighted by atomic mass is 79.9. The molecule has 0 saturated heterocycles. The highest BCUT2D eigenvalue weighted by Crippen LogP contribution is 2.42. The van der Waals surface area contributed by atoms with Gasteiger partial charge in [0, 0.05) is 4.48 Å². The van der Waals surface area contributed by atoms with Gasteiger partial charge >= 0.3 is 0 Å². The minimum absolute atomic E-state index is 0.191. The summed E-state index contributed by atoms with van der Waals surface area (Å²) in [6, 6.07) is 6.86. The minimum atomic E-state index is -0.295. The molecule has 0 radical (unpaired) electrons. The third-order valence-corrected chi connectivity index (χ3v) is 3.45. The Morgan fingerprint density at radius 2 is 1.78 bits per heavy atom. The van der Waals surface area contributed by atoms with Crippen LogP contribution in [-0.4, -0.2) is 27.9 Å². The van der Waals surface area contributed by atoms with Crippen molar-refractivity contribution in [3.8, 4) is 23.0 Å². The normalized spacial score (nSPS) is 10.3. The van der Waals surface area contributed by atoms with Crippen LogP contribution in [0.3, 0.4) is 0 Å². The van der Waals surface area contributed by atoms with Crippen molar-refractivity contribution in [1.29, 1.82) is 0 Å². The number of hydrogen-bond acceptors (Lipinski definition) is 5. The molecule has 0 spiro atoms. The molecule has 0 N–H and O–H groups in total. The highest BCUT2D eigenvalue weighted by molar-refractivity contribution is 9.11. The molecule has 0 saturated carbocycles. The standard InChI is InChI=1S/C17H17BrO5/c1-10(18)9-23-12-7-5-6-11-8-13(20-2)16(21-3)17(22-4)14(11)15(12)19/h5-8H,1,9H2,2-4H3. The summed E-state index contributed by atoms with van der Waals surface area (Å²) in [6.07, 6.45) is 0. The Labute approximate surface area is 142 Å². The topological polar surface area (TPSA) is 54.0 Å². The molecule has 0 heterocycles. The van der Waals surface area contributed by atoms with Crippen LogP contribution in [0.5, 0.6) is 23.0 Å². The van der Waals surface area contributed by atoms with Gasteiger partial charge in [-0.1, -0.05) is 34.6 Å². The Kier molecular flexibility index (Phi) is 5.50. The van der Waals surface area contributed by atoms with Crippen molar-refractivity contribution in [2.45, 2.75) is 0 Å². The Hall–Kier alpha value is -2.21. The predicted molar refractivity (Wildman–Crippen MR) is 93.4 cm³/mol. The first-order valence-electron chi connectivity index (χ1n) is 6.75. The van der Waals surface area contributed by atoms with Crippen molar-refractivity contribution in [2.75, 3.05) is 27.9 Å². The first-order valence-corrected chi connectivity index (χ1v) is 7.54. The number of benzene rings is 1. The lowest BCUT2D eigenvalue weighted by atomic mass is 10.1. The van der Waals surface area contributed by atoms with Gasteiger partial charge in [-0.15, -0.1) is 0 Å². The van der Waals surface area contributed by atoms with Crippen LogP contribution in [0.15, 0.2) is 40.1 Å². The van der Waals surface area contributed by atoms with Crippen LogP contribution in [-0.2, 0) is 0 Å². The fourth-order valence-corrected chi connectivity index (χ4v) is 2.36. The molecule has 0 aliphatic heterocycles. The van der Waals surface area contributed by atoms with Gasteiger partial charge in [-0.2, -0.15) is 0 Å². The van der Waals surface area contributed by atoms with Gasteiger partial charge < -0.3 is 18.9 Å². The molecule has 0 unspecified atom stereocenters. The quantitative estimate of drug-likeness (QED) is 0.767. The first kappa shape index (κ1) is 17.1. The molecule has 0 atom stereocenters. The summed E-state index contributed by atoms with van der Waals surface area (Å²) in [5, 5.41) is 1.03. The fraction of sp³-hybridized carbons (Fsp3) is 0.235. The maximum Gasteiger partial charge on any atom is 0.232 e. The predicted octanol–water partition coefficient (Wildman–Crippen LogP) is 3.51. The molecule has 0 aliphatic carbocycles. The maximum absolute atomic E-state index is 12.8. The van der Waals surface area contributed by atoms with Crippen molar-refractivity contribution in [2.24, 2.45) is 0 Å². The van der Waals surface area contributed by atoms with E-state index in [1.807, 2.05) is 0 Å². The van der Waals surface area contributed by atoms with E-state index in [1.54, 1.807) is 24.3 Å². The molecule has 0 aliphatic rings. The van der Waals surface area contributed by atoms with Crippen molar-refractivity contribution in [1.82, 2.24) is 0 Å². The van der Waals surface area contributed by atoms with E-state index in [2.05, 4.69) is 22.5 Å². The van der Waals surface area contributed by atoms with E-state index >= 15 is 0 Å². The van der Waals surface area contributed by atoms with Gasteiger partial charge in [-0.3, -0.25) is 4.79 Å². The number of hydrogen-bond donors (Lipinski definition) is 0. The Morgan fingerprint density at radius 3 is 2.35 bits per heavy atom. The van der Waals surface area contributed by atoms with E-state index in [9.17, 15) is 4.79 Å². The molecular weight excluding hydrogens is 364 g/mol. The Bertz CT molecular complexity index is 801. The zero-order valence-electron chi connectivity index (χ0n) is 13.1. The van der Waals surface area contributed by atoms with Crippen LogP contribution >= 0.6 is 15.9 Å². The van der Waals surface area contributed by atoms with E-state index in [0.29, 0.717) is 32.5 Å². The first-order chi connectivity index (χ1) is 11.0. The van der Waals surface area contributed by atoms with Crippen LogP contribution in [0.1, 0.15) is 0 Å². The molecule has 0 fully saturated rings. The second-order valence-corrected chi connectivity index (χ2v) is 5.76. The number of rotatable bonds is 6. The second kappa shape index (κ2) is 7.37. The number of fused-ring (bicyclic) bond motifs is 1. The summed E-state index contributed by atoms with van der Waals surface area (Å²) < 4.78 is 22.2. The van der Waals surface area contributed by atoms with Crippen LogP contribution < -0.4 is 24.4 Å². The molecule has 0 bridgehead atoms. The Morgan fingerprint density at radius 1 is 1.09 bits per heavy atom. The minimum Gasteiger partial charge on any atom is -0.493 e.